The summed E-state index contributed by atoms with van der Waals surface area (Å²) in [6, 6.07) is 5.57. The van der Waals surface area contributed by atoms with Crippen LogP contribution in [0, 0.1) is 17.2 Å². The predicted molar refractivity (Wildman–Crippen MR) is 144 cm³/mol. The van der Waals surface area contributed by atoms with Gasteiger partial charge in [0, 0.05) is 46.8 Å². The largest absolute Gasteiger partial charge is 0.389 e. The van der Waals surface area contributed by atoms with Gasteiger partial charge in [-0.05, 0) is 68.6 Å². The number of anilines is 1. The Morgan fingerprint density at radius 1 is 1.29 bits per heavy atom. The van der Waals surface area contributed by atoms with Crippen LogP contribution in [0.2, 0.25) is 0 Å². The number of aromatic nitrogens is 2. The van der Waals surface area contributed by atoms with Gasteiger partial charge in [-0.25, -0.2) is 9.97 Å². The number of nitrogen functional groups attached to an aromatic ring is 1. The maximum Gasteiger partial charge on any atom is 0.128 e. The number of hydrogen-bond donors (Lipinski definition) is 2. The minimum absolute atomic E-state index is 0.166. The zero-order valence-corrected chi connectivity index (χ0v) is 21.9. The molecule has 0 aromatic carbocycles. The summed E-state index contributed by atoms with van der Waals surface area (Å²) in [6.07, 6.45) is 10.3. The molecule has 0 amide bonds. The Balaban J connectivity index is 1.41. The molecule has 0 radical (unpaired) electrons. The number of aryl methyl sites for hydroxylation is 2. The summed E-state index contributed by atoms with van der Waals surface area (Å²) in [5.74, 6) is 1.81. The van der Waals surface area contributed by atoms with Crippen LogP contribution < -0.4 is 11.1 Å². The van der Waals surface area contributed by atoms with Crippen LogP contribution in [0.5, 0.6) is 0 Å². The summed E-state index contributed by atoms with van der Waals surface area (Å²) in [4.78, 5) is 16.0. The highest BCUT2D eigenvalue weighted by Crippen LogP contribution is 2.45. The van der Waals surface area contributed by atoms with Gasteiger partial charge in [-0.1, -0.05) is 20.3 Å². The van der Waals surface area contributed by atoms with Crippen molar-refractivity contribution in [3.63, 3.8) is 0 Å². The molecule has 2 aliphatic heterocycles. The van der Waals surface area contributed by atoms with E-state index in [-0.39, 0.29) is 5.92 Å². The molecule has 2 unspecified atom stereocenters. The number of thiophene rings is 1. The highest BCUT2D eigenvalue weighted by molar-refractivity contribution is 7.16. The average molecular weight is 489 g/mol. The number of fused-ring (bicyclic) bond motifs is 1. The molecule has 4 heterocycles. The number of rotatable bonds is 7. The maximum absolute atomic E-state index is 9.82. The lowest BCUT2D eigenvalue weighted by Gasteiger charge is -2.25. The van der Waals surface area contributed by atoms with Crippen LogP contribution in [0.4, 0.5) is 5.00 Å². The first-order valence-corrected chi connectivity index (χ1v) is 14.0. The molecule has 7 heteroatoms. The van der Waals surface area contributed by atoms with E-state index in [1.807, 2.05) is 12.3 Å². The molecule has 5 rings (SSSR count). The first kappa shape index (κ1) is 24.1. The summed E-state index contributed by atoms with van der Waals surface area (Å²) >= 11 is 1.59. The van der Waals surface area contributed by atoms with Crippen LogP contribution in [0.15, 0.2) is 22.8 Å². The summed E-state index contributed by atoms with van der Waals surface area (Å²) in [6.45, 7) is 7.49. The van der Waals surface area contributed by atoms with Crippen molar-refractivity contribution >= 4 is 27.6 Å². The van der Waals surface area contributed by atoms with Gasteiger partial charge < -0.3 is 11.1 Å². The second kappa shape index (κ2) is 10.2. The van der Waals surface area contributed by atoms with Gasteiger partial charge in [0.15, 0.2) is 0 Å². The van der Waals surface area contributed by atoms with Crippen LogP contribution in [0.25, 0.3) is 5.57 Å². The number of nitriles is 1. The van der Waals surface area contributed by atoms with Crippen molar-refractivity contribution < 1.29 is 0 Å². The van der Waals surface area contributed by atoms with Gasteiger partial charge in [0.1, 0.15) is 16.9 Å². The molecule has 3 N–H and O–H groups in total. The van der Waals surface area contributed by atoms with Crippen LogP contribution in [0.1, 0.15) is 92.7 Å². The first-order chi connectivity index (χ1) is 17.0. The fourth-order valence-corrected chi connectivity index (χ4v) is 7.23. The lowest BCUT2D eigenvalue weighted by atomic mass is 9.79. The molecular formula is C28H36N6S. The molecular weight excluding hydrogens is 452 g/mol. The van der Waals surface area contributed by atoms with E-state index >= 15 is 0 Å². The molecule has 4 atom stereocenters. The quantitative estimate of drug-likeness (QED) is 0.540. The fourth-order valence-electron chi connectivity index (χ4n) is 6.11. The van der Waals surface area contributed by atoms with Gasteiger partial charge in [0.05, 0.1) is 17.8 Å². The summed E-state index contributed by atoms with van der Waals surface area (Å²) in [5, 5.41) is 14.2. The number of nitrogens with one attached hydrogen (secondary N) is 1. The Hall–Kier alpha value is -2.56. The molecule has 6 nitrogen and oxygen atoms in total. The van der Waals surface area contributed by atoms with Crippen molar-refractivity contribution in [3.05, 3.63) is 45.4 Å². The minimum atomic E-state index is 0.166. The third-order valence-corrected chi connectivity index (χ3v) is 9.15. The zero-order chi connectivity index (χ0) is 24.5. The molecule has 0 spiro atoms. The molecule has 0 bridgehead atoms. The Labute approximate surface area is 212 Å². The highest BCUT2D eigenvalue weighted by atomic mass is 32.1. The Morgan fingerprint density at radius 2 is 2.14 bits per heavy atom. The molecule has 1 saturated heterocycles. The SMILES string of the molecule is CCCC1=C(c2ccnc(CCC3C[C@H](C)C(C)N3)n2)CN=C1[C@H]1CCCc2sc(N)c(C#N)c21. The van der Waals surface area contributed by atoms with Crippen LogP contribution in [-0.2, 0) is 12.8 Å². The van der Waals surface area contributed by atoms with Gasteiger partial charge in [-0.2, -0.15) is 5.26 Å². The van der Waals surface area contributed by atoms with Crippen molar-refractivity contribution in [1.29, 1.82) is 5.26 Å². The van der Waals surface area contributed by atoms with Gasteiger partial charge in [0.2, 0.25) is 0 Å². The van der Waals surface area contributed by atoms with E-state index in [1.165, 1.54) is 22.4 Å². The Morgan fingerprint density at radius 3 is 2.89 bits per heavy atom. The topological polar surface area (TPSA) is 100.0 Å². The van der Waals surface area contributed by atoms with E-state index in [0.717, 1.165) is 73.7 Å². The predicted octanol–water partition coefficient (Wildman–Crippen LogP) is 5.44. The average Bonchev–Trinajstić information content (AvgIpc) is 3.52. The van der Waals surface area contributed by atoms with E-state index in [9.17, 15) is 5.26 Å². The summed E-state index contributed by atoms with van der Waals surface area (Å²) in [5.41, 5.74) is 12.8. The Kier molecular flexibility index (Phi) is 7.04. The molecule has 2 aromatic heterocycles. The van der Waals surface area contributed by atoms with E-state index in [1.54, 1.807) is 11.3 Å². The monoisotopic (exact) mass is 488 g/mol. The van der Waals surface area contributed by atoms with Crippen molar-refractivity contribution in [2.75, 3.05) is 12.3 Å². The second-order valence-electron chi connectivity index (χ2n) is 10.4. The lowest BCUT2D eigenvalue weighted by molar-refractivity contribution is 0.510. The van der Waals surface area contributed by atoms with Gasteiger partial charge in [-0.3, -0.25) is 4.99 Å². The third kappa shape index (κ3) is 4.66. The van der Waals surface area contributed by atoms with Gasteiger partial charge >= 0.3 is 0 Å². The third-order valence-electron chi connectivity index (χ3n) is 8.06. The number of aliphatic imine (C=N–C) groups is 1. The standard InChI is InChI=1S/C28H36N6S/c1-4-6-19-22(23-11-12-31-25(34-23)10-9-18-13-16(2)17(3)33-18)15-32-27(19)20-7-5-8-24-26(20)21(14-29)28(30)35-24/h11-12,16-18,20,33H,4-10,13,15,30H2,1-3H3/t16-,17?,18?,20-/m0/s1. The molecule has 1 aliphatic carbocycles. The second-order valence-corrected chi connectivity index (χ2v) is 11.5. The molecule has 1 fully saturated rings. The summed E-state index contributed by atoms with van der Waals surface area (Å²) < 4.78 is 0. The van der Waals surface area contributed by atoms with E-state index < -0.39 is 0 Å². The number of allylic oxidation sites excluding steroid dienone is 1. The van der Waals surface area contributed by atoms with Gasteiger partial charge in [-0.15, -0.1) is 11.3 Å². The highest BCUT2D eigenvalue weighted by Gasteiger charge is 2.35. The van der Waals surface area contributed by atoms with Gasteiger partial charge in [0.25, 0.3) is 0 Å². The summed E-state index contributed by atoms with van der Waals surface area (Å²) in [7, 11) is 0. The molecule has 0 saturated carbocycles. The van der Waals surface area contributed by atoms with Crippen LogP contribution in [0.3, 0.4) is 0 Å². The minimum Gasteiger partial charge on any atom is -0.389 e. The number of nitrogens with two attached hydrogens (primary N) is 1. The molecule has 2 aromatic rings. The smallest absolute Gasteiger partial charge is 0.128 e. The number of nitrogens with zero attached hydrogens (tertiary/aromatic N) is 4. The van der Waals surface area contributed by atoms with Crippen molar-refractivity contribution in [1.82, 2.24) is 15.3 Å². The molecule has 35 heavy (non-hydrogen) atoms. The number of hydrogen-bond acceptors (Lipinski definition) is 7. The van der Waals surface area contributed by atoms with E-state index in [2.05, 4.69) is 37.1 Å². The maximum atomic E-state index is 9.82. The normalized spacial score (nSPS) is 26.1. The van der Waals surface area contributed by atoms with Crippen LogP contribution in [-0.4, -0.2) is 34.3 Å². The zero-order valence-electron chi connectivity index (χ0n) is 21.1. The van der Waals surface area contributed by atoms with Crippen molar-refractivity contribution in [2.45, 2.75) is 90.1 Å². The molecule has 3 aliphatic rings. The van der Waals surface area contributed by atoms with Crippen LogP contribution >= 0.6 is 11.3 Å². The van der Waals surface area contributed by atoms with E-state index in [4.69, 9.17) is 15.7 Å². The lowest BCUT2D eigenvalue weighted by Crippen LogP contribution is -2.28. The van der Waals surface area contributed by atoms with Crippen molar-refractivity contribution in [2.24, 2.45) is 10.9 Å². The first-order valence-electron chi connectivity index (χ1n) is 13.2. The Bertz CT molecular complexity index is 1190. The van der Waals surface area contributed by atoms with E-state index in [0.29, 0.717) is 29.2 Å². The van der Waals surface area contributed by atoms with Crippen molar-refractivity contribution in [3.8, 4) is 6.07 Å². The fraction of sp³-hybridized carbons (Fsp3) is 0.571. The molecule has 184 valence electrons.